The van der Waals surface area contributed by atoms with Gasteiger partial charge in [-0.1, -0.05) is 42.5 Å². The summed E-state index contributed by atoms with van der Waals surface area (Å²) in [5, 5.41) is 3.51. The van der Waals surface area contributed by atoms with E-state index in [1.165, 1.54) is 23.5 Å². The summed E-state index contributed by atoms with van der Waals surface area (Å²) < 4.78 is 25.7. The standard InChI is InChI=1S/C27H30FN3O3S/c28-22-9-7-20(8-10-22)15-23-16-29-26(35-23)30-25(32)18-31-13-12-27(11-4-14-34-27)24(17-31)33-19-21-5-2-1-3-6-21/h1-3,5-10,16,24H,4,11-15,17-19H2,(H,29,30,32)/t24-,27-/m0/s1. The van der Waals surface area contributed by atoms with Crippen molar-refractivity contribution in [2.24, 2.45) is 0 Å². The van der Waals surface area contributed by atoms with Gasteiger partial charge in [0.1, 0.15) is 5.82 Å². The van der Waals surface area contributed by atoms with Gasteiger partial charge in [-0.15, -0.1) is 11.3 Å². The average Bonchev–Trinajstić information content (AvgIpc) is 3.52. The van der Waals surface area contributed by atoms with Crippen molar-refractivity contribution in [1.82, 2.24) is 9.88 Å². The SMILES string of the molecule is O=C(CN1CC[C@@]2(CCCO2)[C@@H](OCc2ccccc2)C1)Nc1ncc(Cc2ccc(F)cc2)s1. The van der Waals surface area contributed by atoms with E-state index in [1.54, 1.807) is 18.3 Å². The Bertz CT molecular complexity index is 1120. The van der Waals surface area contributed by atoms with Crippen molar-refractivity contribution in [3.05, 3.63) is 82.6 Å². The molecule has 2 aromatic carbocycles. The van der Waals surface area contributed by atoms with Gasteiger partial charge in [0.2, 0.25) is 5.91 Å². The predicted molar refractivity (Wildman–Crippen MR) is 134 cm³/mol. The number of halogens is 1. The van der Waals surface area contributed by atoms with Crippen LogP contribution >= 0.6 is 11.3 Å². The van der Waals surface area contributed by atoms with Crippen LogP contribution in [0.3, 0.4) is 0 Å². The van der Waals surface area contributed by atoms with Crippen LogP contribution in [0.15, 0.2) is 60.8 Å². The van der Waals surface area contributed by atoms with Gasteiger partial charge in [-0.3, -0.25) is 9.69 Å². The van der Waals surface area contributed by atoms with Crippen molar-refractivity contribution in [1.29, 1.82) is 0 Å². The summed E-state index contributed by atoms with van der Waals surface area (Å²) in [5.41, 5.74) is 1.90. The van der Waals surface area contributed by atoms with Crippen LogP contribution in [-0.4, -0.2) is 53.7 Å². The van der Waals surface area contributed by atoms with Gasteiger partial charge in [0, 0.05) is 37.2 Å². The Morgan fingerprint density at radius 3 is 2.77 bits per heavy atom. The first-order valence-electron chi connectivity index (χ1n) is 12.1. The maximum Gasteiger partial charge on any atom is 0.240 e. The lowest BCUT2D eigenvalue weighted by molar-refractivity contribution is -0.159. The lowest BCUT2D eigenvalue weighted by atomic mass is 9.85. The number of benzene rings is 2. The van der Waals surface area contributed by atoms with E-state index in [1.807, 2.05) is 18.2 Å². The molecule has 0 radical (unpaired) electrons. The van der Waals surface area contributed by atoms with Crippen molar-refractivity contribution < 1.29 is 18.7 Å². The van der Waals surface area contributed by atoms with Crippen LogP contribution in [0.5, 0.6) is 0 Å². The molecule has 2 fully saturated rings. The van der Waals surface area contributed by atoms with Crippen LogP contribution in [0.2, 0.25) is 0 Å². The third kappa shape index (κ3) is 6.13. The summed E-state index contributed by atoms with van der Waals surface area (Å²) in [4.78, 5) is 20.3. The molecular weight excluding hydrogens is 465 g/mol. The van der Waals surface area contributed by atoms with Crippen molar-refractivity contribution in [2.75, 3.05) is 31.6 Å². The molecule has 8 heteroatoms. The lowest BCUT2D eigenvalue weighted by Gasteiger charge is -2.44. The third-order valence-corrected chi connectivity index (χ3v) is 7.66. The monoisotopic (exact) mass is 495 g/mol. The normalized spacial score (nSPS) is 22.5. The molecule has 184 valence electrons. The molecule has 0 aliphatic carbocycles. The van der Waals surface area contributed by atoms with E-state index >= 15 is 0 Å². The second-order valence-corrected chi connectivity index (χ2v) is 10.4. The molecule has 0 bridgehead atoms. The Morgan fingerprint density at radius 2 is 2.00 bits per heavy atom. The molecule has 3 aromatic rings. The quantitative estimate of drug-likeness (QED) is 0.493. The zero-order valence-electron chi connectivity index (χ0n) is 19.6. The van der Waals surface area contributed by atoms with Crippen molar-refractivity contribution in [3.8, 4) is 0 Å². The molecule has 6 nitrogen and oxygen atoms in total. The van der Waals surface area contributed by atoms with Crippen LogP contribution in [0.4, 0.5) is 9.52 Å². The second kappa shape index (κ2) is 11.0. The van der Waals surface area contributed by atoms with Gasteiger partial charge >= 0.3 is 0 Å². The molecule has 0 unspecified atom stereocenters. The topological polar surface area (TPSA) is 63.7 Å². The maximum absolute atomic E-state index is 13.1. The van der Waals surface area contributed by atoms with Gasteiger partial charge in [-0.2, -0.15) is 0 Å². The highest BCUT2D eigenvalue weighted by Crippen LogP contribution is 2.38. The van der Waals surface area contributed by atoms with E-state index in [9.17, 15) is 9.18 Å². The van der Waals surface area contributed by atoms with Gasteiger partial charge in [-0.05, 0) is 42.5 Å². The van der Waals surface area contributed by atoms with Gasteiger partial charge in [0.15, 0.2) is 5.13 Å². The lowest BCUT2D eigenvalue weighted by Crippen LogP contribution is -2.57. The van der Waals surface area contributed by atoms with E-state index in [-0.39, 0.29) is 30.0 Å². The first kappa shape index (κ1) is 24.1. The summed E-state index contributed by atoms with van der Waals surface area (Å²) >= 11 is 1.44. The molecule has 5 rings (SSSR count). The van der Waals surface area contributed by atoms with Crippen LogP contribution in [0, 0.1) is 5.82 Å². The zero-order valence-corrected chi connectivity index (χ0v) is 20.4. The Morgan fingerprint density at radius 1 is 1.17 bits per heavy atom. The highest BCUT2D eigenvalue weighted by Gasteiger charge is 2.47. The van der Waals surface area contributed by atoms with Gasteiger partial charge in [0.25, 0.3) is 0 Å². The number of likely N-dealkylation sites (tertiary alicyclic amines) is 1. The highest BCUT2D eigenvalue weighted by molar-refractivity contribution is 7.15. The van der Waals surface area contributed by atoms with Crippen molar-refractivity contribution in [3.63, 3.8) is 0 Å². The smallest absolute Gasteiger partial charge is 0.240 e. The third-order valence-electron chi connectivity index (χ3n) is 6.75. The van der Waals surface area contributed by atoms with Gasteiger partial charge in [0.05, 0.1) is 24.9 Å². The Balaban J connectivity index is 1.15. The molecule has 2 atom stereocenters. The minimum Gasteiger partial charge on any atom is -0.372 e. The Labute approximate surface area is 209 Å². The van der Waals surface area contributed by atoms with Crippen LogP contribution < -0.4 is 5.32 Å². The number of nitrogens with one attached hydrogen (secondary N) is 1. The van der Waals surface area contributed by atoms with E-state index < -0.39 is 0 Å². The Hall–Kier alpha value is -2.65. The molecule has 1 N–H and O–H groups in total. The van der Waals surface area contributed by atoms with Crippen LogP contribution in [-0.2, 0) is 27.3 Å². The van der Waals surface area contributed by atoms with E-state index in [0.29, 0.717) is 24.7 Å². The number of carbonyl (C=O) groups is 1. The molecule has 2 aliphatic rings. The van der Waals surface area contributed by atoms with Gasteiger partial charge < -0.3 is 14.8 Å². The number of nitrogens with zero attached hydrogens (tertiary/aromatic N) is 2. The van der Waals surface area contributed by atoms with Crippen LogP contribution in [0.25, 0.3) is 0 Å². The summed E-state index contributed by atoms with van der Waals surface area (Å²) in [6.07, 6.45) is 5.26. The molecule has 1 amide bonds. The first-order chi connectivity index (χ1) is 17.1. The van der Waals surface area contributed by atoms with Crippen LogP contribution in [0.1, 0.15) is 35.3 Å². The minimum atomic E-state index is -0.248. The number of rotatable bonds is 8. The fourth-order valence-electron chi connectivity index (χ4n) is 4.90. The summed E-state index contributed by atoms with van der Waals surface area (Å²) in [6, 6.07) is 16.6. The number of thiazole rings is 1. The van der Waals surface area contributed by atoms with E-state index in [2.05, 4.69) is 27.3 Å². The van der Waals surface area contributed by atoms with E-state index in [0.717, 1.165) is 48.4 Å². The van der Waals surface area contributed by atoms with Crippen molar-refractivity contribution >= 4 is 22.4 Å². The number of aromatic nitrogens is 1. The summed E-state index contributed by atoms with van der Waals surface area (Å²) in [5.74, 6) is -0.334. The number of hydrogen-bond donors (Lipinski definition) is 1. The number of amides is 1. The highest BCUT2D eigenvalue weighted by atomic mass is 32.1. The molecule has 2 saturated heterocycles. The molecule has 35 heavy (non-hydrogen) atoms. The first-order valence-corrected chi connectivity index (χ1v) is 12.9. The maximum atomic E-state index is 13.1. The van der Waals surface area contributed by atoms with Crippen molar-refractivity contribution in [2.45, 2.75) is 44.0 Å². The fourth-order valence-corrected chi connectivity index (χ4v) is 5.77. The fraction of sp³-hybridized carbons (Fsp3) is 0.407. The average molecular weight is 496 g/mol. The molecule has 2 aliphatic heterocycles. The number of anilines is 1. The van der Waals surface area contributed by atoms with E-state index in [4.69, 9.17) is 9.47 Å². The largest absolute Gasteiger partial charge is 0.372 e. The summed E-state index contributed by atoms with van der Waals surface area (Å²) in [6.45, 7) is 3.05. The summed E-state index contributed by atoms with van der Waals surface area (Å²) in [7, 11) is 0. The minimum absolute atomic E-state index is 0.0751. The number of ether oxygens (including phenoxy) is 2. The molecule has 3 heterocycles. The number of hydrogen-bond acceptors (Lipinski definition) is 6. The molecule has 0 saturated carbocycles. The number of carbonyl (C=O) groups excluding carboxylic acids is 1. The number of piperidine rings is 1. The van der Waals surface area contributed by atoms with Gasteiger partial charge in [-0.25, -0.2) is 9.37 Å². The second-order valence-electron chi connectivity index (χ2n) is 9.27. The Kier molecular flexibility index (Phi) is 7.53. The zero-order chi connectivity index (χ0) is 24.1. The predicted octanol–water partition coefficient (Wildman–Crippen LogP) is 4.65. The molecule has 1 spiro atoms. The molecular formula is C27H30FN3O3S. The molecule has 1 aromatic heterocycles.